The van der Waals surface area contributed by atoms with Crippen molar-refractivity contribution in [2.75, 3.05) is 5.73 Å². The first-order valence-corrected chi connectivity index (χ1v) is 3.33. The van der Waals surface area contributed by atoms with Crippen LogP contribution in [0.2, 0.25) is 5.02 Å². The van der Waals surface area contributed by atoms with Gasteiger partial charge < -0.3 is 5.73 Å². The van der Waals surface area contributed by atoms with Crippen LogP contribution in [0.1, 0.15) is 0 Å². The number of nitrogens with two attached hydrogens (primary N) is 1. The summed E-state index contributed by atoms with van der Waals surface area (Å²) < 4.78 is 4.46. The summed E-state index contributed by atoms with van der Waals surface area (Å²) in [5.41, 5.74) is 7.11. The van der Waals surface area contributed by atoms with E-state index in [0.29, 0.717) is 21.7 Å². The summed E-state index contributed by atoms with van der Waals surface area (Å²) in [5.74, 6) is 0. The second-order valence-electron chi connectivity index (χ2n) is 2.10. The highest BCUT2D eigenvalue weighted by molar-refractivity contribution is 6.37. The maximum Gasteiger partial charge on any atom is 0.155 e. The third-order valence-electron chi connectivity index (χ3n) is 1.40. The van der Waals surface area contributed by atoms with Crippen LogP contribution in [0.25, 0.3) is 11.0 Å². The van der Waals surface area contributed by atoms with E-state index in [4.69, 9.17) is 17.3 Å². The molecule has 0 amide bonds. The highest BCUT2D eigenvalue weighted by atomic mass is 35.5. The number of rotatable bonds is 0. The number of aromatic nitrogens is 2. The Labute approximate surface area is 66.9 Å². The Morgan fingerprint density at radius 2 is 2.18 bits per heavy atom. The fraction of sp³-hybridized carbons (Fsp3) is 0. The molecule has 0 aliphatic carbocycles. The number of fused-ring (bicyclic) bond motifs is 1. The van der Waals surface area contributed by atoms with E-state index in [-0.39, 0.29) is 0 Å². The molecule has 0 atom stereocenters. The Hall–Kier alpha value is -1.29. The van der Waals surface area contributed by atoms with Crippen molar-refractivity contribution in [1.82, 2.24) is 10.3 Å². The number of anilines is 1. The van der Waals surface area contributed by atoms with Crippen LogP contribution < -0.4 is 5.73 Å². The van der Waals surface area contributed by atoms with E-state index in [1.54, 1.807) is 12.1 Å². The van der Waals surface area contributed by atoms with Crippen LogP contribution in [0.5, 0.6) is 0 Å². The van der Waals surface area contributed by atoms with Gasteiger partial charge in [0.05, 0.1) is 10.7 Å². The molecule has 0 radical (unpaired) electrons. The van der Waals surface area contributed by atoms with Gasteiger partial charge in [-0.1, -0.05) is 11.6 Å². The van der Waals surface area contributed by atoms with Crippen LogP contribution in [-0.4, -0.2) is 10.3 Å². The van der Waals surface area contributed by atoms with Crippen LogP contribution in [-0.2, 0) is 0 Å². The van der Waals surface area contributed by atoms with E-state index < -0.39 is 0 Å². The molecular formula is C6H4ClN3O. The van der Waals surface area contributed by atoms with E-state index in [1.807, 2.05) is 0 Å². The zero-order chi connectivity index (χ0) is 7.84. The Morgan fingerprint density at radius 1 is 1.36 bits per heavy atom. The van der Waals surface area contributed by atoms with Gasteiger partial charge in [-0.25, -0.2) is 4.63 Å². The second-order valence-corrected chi connectivity index (χ2v) is 2.48. The zero-order valence-electron chi connectivity index (χ0n) is 5.41. The normalized spacial score (nSPS) is 10.6. The molecule has 5 heteroatoms. The minimum Gasteiger partial charge on any atom is -0.397 e. The van der Waals surface area contributed by atoms with Crippen LogP contribution in [0.4, 0.5) is 5.69 Å². The molecule has 11 heavy (non-hydrogen) atoms. The largest absolute Gasteiger partial charge is 0.397 e. The Kier molecular flexibility index (Phi) is 1.22. The minimum absolute atomic E-state index is 0.392. The number of nitrogens with zero attached hydrogens (tertiary/aromatic N) is 2. The number of halogens is 1. The Morgan fingerprint density at radius 3 is 3.00 bits per heavy atom. The highest BCUT2D eigenvalue weighted by Gasteiger charge is 2.06. The second kappa shape index (κ2) is 2.10. The van der Waals surface area contributed by atoms with Crippen molar-refractivity contribution in [1.29, 1.82) is 0 Å². The lowest BCUT2D eigenvalue weighted by Gasteiger charge is -1.93. The van der Waals surface area contributed by atoms with Crippen molar-refractivity contribution in [3.05, 3.63) is 17.2 Å². The molecule has 1 aromatic carbocycles. The van der Waals surface area contributed by atoms with E-state index >= 15 is 0 Å². The summed E-state index contributed by atoms with van der Waals surface area (Å²) in [4.78, 5) is 0. The topological polar surface area (TPSA) is 64.9 Å². The molecule has 1 heterocycles. The Balaban J connectivity index is 2.93. The summed E-state index contributed by atoms with van der Waals surface area (Å²) in [6, 6.07) is 3.36. The van der Waals surface area contributed by atoms with Crippen molar-refractivity contribution in [2.24, 2.45) is 0 Å². The summed E-state index contributed by atoms with van der Waals surface area (Å²) in [6.45, 7) is 0. The predicted octanol–water partition coefficient (Wildman–Crippen LogP) is 1.46. The molecule has 0 bridgehead atoms. The molecule has 0 saturated carbocycles. The maximum atomic E-state index is 5.78. The van der Waals surface area contributed by atoms with Crippen molar-refractivity contribution < 1.29 is 4.63 Å². The quantitative estimate of drug-likeness (QED) is 0.607. The van der Waals surface area contributed by atoms with Crippen molar-refractivity contribution in [3.63, 3.8) is 0 Å². The molecule has 0 saturated heterocycles. The van der Waals surface area contributed by atoms with Gasteiger partial charge in [0.1, 0.15) is 5.52 Å². The molecular weight excluding hydrogens is 166 g/mol. The van der Waals surface area contributed by atoms with Gasteiger partial charge >= 0.3 is 0 Å². The SMILES string of the molecule is Nc1ccc2nonc2c1Cl. The third-order valence-corrected chi connectivity index (χ3v) is 1.79. The lowest BCUT2D eigenvalue weighted by atomic mass is 10.3. The van der Waals surface area contributed by atoms with Gasteiger partial charge in [-0.05, 0) is 22.4 Å². The zero-order valence-corrected chi connectivity index (χ0v) is 6.17. The van der Waals surface area contributed by atoms with Crippen molar-refractivity contribution >= 4 is 28.3 Å². The monoisotopic (exact) mass is 169 g/mol. The number of benzene rings is 1. The molecule has 4 nitrogen and oxygen atoms in total. The van der Waals surface area contributed by atoms with Gasteiger partial charge in [0.2, 0.25) is 0 Å². The minimum atomic E-state index is 0.392. The van der Waals surface area contributed by atoms with Crippen LogP contribution in [0, 0.1) is 0 Å². The number of hydrogen-bond donors (Lipinski definition) is 1. The molecule has 0 aliphatic heterocycles. The average Bonchev–Trinajstić information content (AvgIpc) is 2.45. The molecule has 0 unspecified atom stereocenters. The number of hydrogen-bond acceptors (Lipinski definition) is 4. The molecule has 56 valence electrons. The van der Waals surface area contributed by atoms with Gasteiger partial charge in [-0.15, -0.1) is 0 Å². The first-order valence-electron chi connectivity index (χ1n) is 2.95. The molecule has 0 fully saturated rings. The summed E-state index contributed by atoms with van der Waals surface area (Å²) in [5, 5.41) is 7.57. The first kappa shape index (κ1) is 6.42. The molecule has 2 rings (SSSR count). The standard InChI is InChI=1S/C6H4ClN3O/c7-5-3(8)1-2-4-6(5)10-11-9-4/h1-2H,8H2. The van der Waals surface area contributed by atoms with Crippen molar-refractivity contribution in [3.8, 4) is 0 Å². The fourth-order valence-corrected chi connectivity index (χ4v) is 1.03. The molecule has 0 spiro atoms. The van der Waals surface area contributed by atoms with Crippen LogP contribution in [0.15, 0.2) is 16.8 Å². The fourth-order valence-electron chi connectivity index (χ4n) is 0.836. The average molecular weight is 170 g/mol. The van der Waals surface area contributed by atoms with E-state index in [2.05, 4.69) is 14.9 Å². The summed E-state index contributed by atoms with van der Waals surface area (Å²) in [7, 11) is 0. The molecule has 2 aromatic rings. The van der Waals surface area contributed by atoms with E-state index in [9.17, 15) is 0 Å². The van der Waals surface area contributed by atoms with Gasteiger partial charge in [0.25, 0.3) is 0 Å². The van der Waals surface area contributed by atoms with Crippen molar-refractivity contribution in [2.45, 2.75) is 0 Å². The molecule has 0 aliphatic rings. The third kappa shape index (κ3) is 0.832. The first-order chi connectivity index (χ1) is 5.29. The molecule has 1 aromatic heterocycles. The van der Waals surface area contributed by atoms with E-state index in [0.717, 1.165) is 0 Å². The van der Waals surface area contributed by atoms with E-state index in [1.165, 1.54) is 0 Å². The smallest absolute Gasteiger partial charge is 0.155 e. The van der Waals surface area contributed by atoms with Crippen LogP contribution in [0.3, 0.4) is 0 Å². The van der Waals surface area contributed by atoms with Gasteiger partial charge in [-0.3, -0.25) is 0 Å². The van der Waals surface area contributed by atoms with Gasteiger partial charge in [0, 0.05) is 0 Å². The summed E-state index contributed by atoms with van der Waals surface area (Å²) in [6.07, 6.45) is 0. The lowest BCUT2D eigenvalue weighted by molar-refractivity contribution is 0.315. The predicted molar refractivity (Wildman–Crippen MR) is 41.2 cm³/mol. The van der Waals surface area contributed by atoms with Crippen LogP contribution >= 0.6 is 11.6 Å². The lowest BCUT2D eigenvalue weighted by Crippen LogP contribution is -1.85. The van der Waals surface area contributed by atoms with Gasteiger partial charge in [-0.2, -0.15) is 0 Å². The highest BCUT2D eigenvalue weighted by Crippen LogP contribution is 2.25. The Bertz CT molecular complexity index is 398. The molecule has 2 N–H and O–H groups in total. The number of nitrogen functional groups attached to an aromatic ring is 1. The summed E-state index contributed by atoms with van der Waals surface area (Å²) >= 11 is 5.78. The maximum absolute atomic E-state index is 5.78. The van der Waals surface area contributed by atoms with Gasteiger partial charge in [0.15, 0.2) is 5.52 Å².